The van der Waals surface area contributed by atoms with Crippen LogP contribution in [0.25, 0.3) is 11.0 Å². The predicted molar refractivity (Wildman–Crippen MR) is 72.2 cm³/mol. The summed E-state index contributed by atoms with van der Waals surface area (Å²) in [5.74, 6) is -1.75. The molecule has 3 aromatic rings. The molecule has 2 heterocycles. The Morgan fingerprint density at radius 2 is 2.05 bits per heavy atom. The van der Waals surface area contributed by atoms with E-state index in [-0.39, 0.29) is 5.75 Å². The largest absolute Gasteiger partial charge is 0.502 e. The summed E-state index contributed by atoms with van der Waals surface area (Å²) in [5, 5.41) is 9.51. The third kappa shape index (κ3) is 2.75. The van der Waals surface area contributed by atoms with Gasteiger partial charge in [0.25, 0.3) is 0 Å². The SMILES string of the molecule is O=c1cc(CSc2nc3cc(F)c(F)cc3[nH]2)occ1O. The zero-order valence-corrected chi connectivity index (χ0v) is 11.2. The molecule has 0 spiro atoms. The van der Waals surface area contributed by atoms with Gasteiger partial charge in [0.15, 0.2) is 22.5 Å². The lowest BCUT2D eigenvalue weighted by atomic mass is 10.3. The molecule has 0 saturated carbocycles. The van der Waals surface area contributed by atoms with Crippen molar-refractivity contribution >= 4 is 22.8 Å². The lowest BCUT2D eigenvalue weighted by molar-refractivity contribution is 0.419. The highest BCUT2D eigenvalue weighted by Gasteiger charge is 2.10. The number of fused-ring (bicyclic) bond motifs is 1. The fourth-order valence-corrected chi connectivity index (χ4v) is 2.48. The first-order chi connectivity index (χ1) is 10.0. The molecule has 0 aliphatic heterocycles. The number of H-pyrrole nitrogens is 1. The summed E-state index contributed by atoms with van der Waals surface area (Å²) in [7, 11) is 0. The van der Waals surface area contributed by atoms with Gasteiger partial charge in [-0.25, -0.2) is 13.8 Å². The minimum Gasteiger partial charge on any atom is -0.502 e. The highest BCUT2D eigenvalue weighted by molar-refractivity contribution is 7.98. The molecule has 0 aliphatic rings. The van der Waals surface area contributed by atoms with Gasteiger partial charge in [0.05, 0.1) is 16.8 Å². The maximum absolute atomic E-state index is 13.1. The number of nitrogens with one attached hydrogen (secondary N) is 1. The molecule has 0 radical (unpaired) electrons. The van der Waals surface area contributed by atoms with Crippen LogP contribution in [-0.4, -0.2) is 15.1 Å². The second-order valence-electron chi connectivity index (χ2n) is 4.21. The van der Waals surface area contributed by atoms with Crippen molar-refractivity contribution in [2.45, 2.75) is 10.9 Å². The van der Waals surface area contributed by atoms with E-state index in [2.05, 4.69) is 9.97 Å². The van der Waals surface area contributed by atoms with Crippen molar-refractivity contribution in [2.75, 3.05) is 0 Å². The Hall–Kier alpha value is -2.35. The maximum Gasteiger partial charge on any atom is 0.226 e. The number of aromatic amines is 1. The van der Waals surface area contributed by atoms with Crippen molar-refractivity contribution in [3.05, 3.63) is 52.1 Å². The fraction of sp³-hybridized carbons (Fsp3) is 0.0769. The number of hydrogen-bond donors (Lipinski definition) is 2. The van der Waals surface area contributed by atoms with Crippen LogP contribution in [0.1, 0.15) is 5.76 Å². The summed E-state index contributed by atoms with van der Waals surface area (Å²) in [4.78, 5) is 18.2. The Morgan fingerprint density at radius 1 is 1.29 bits per heavy atom. The first-order valence-electron chi connectivity index (χ1n) is 5.81. The van der Waals surface area contributed by atoms with Gasteiger partial charge in [-0.05, 0) is 0 Å². The maximum atomic E-state index is 13.1. The van der Waals surface area contributed by atoms with E-state index >= 15 is 0 Å². The van der Waals surface area contributed by atoms with Crippen LogP contribution < -0.4 is 5.43 Å². The second-order valence-corrected chi connectivity index (χ2v) is 5.17. The number of rotatable bonds is 3. The molecule has 0 bridgehead atoms. The van der Waals surface area contributed by atoms with Crippen LogP contribution in [0.15, 0.2) is 38.8 Å². The molecular weight excluding hydrogens is 302 g/mol. The van der Waals surface area contributed by atoms with Gasteiger partial charge in [-0.1, -0.05) is 11.8 Å². The molecule has 2 N–H and O–H groups in total. The predicted octanol–water partition coefficient (Wildman–Crippen LogP) is 2.79. The summed E-state index contributed by atoms with van der Waals surface area (Å²) in [6.45, 7) is 0. The summed E-state index contributed by atoms with van der Waals surface area (Å²) in [6, 6.07) is 3.21. The lowest BCUT2D eigenvalue weighted by Crippen LogP contribution is -1.99. The molecule has 0 aliphatic carbocycles. The molecule has 0 amide bonds. The van der Waals surface area contributed by atoms with Gasteiger partial charge in [0.2, 0.25) is 5.43 Å². The van der Waals surface area contributed by atoms with Crippen LogP contribution in [0, 0.1) is 11.6 Å². The van der Waals surface area contributed by atoms with Gasteiger partial charge in [0, 0.05) is 18.2 Å². The number of halogens is 2. The molecule has 1 aromatic carbocycles. The molecule has 5 nitrogen and oxygen atoms in total. The quantitative estimate of drug-likeness (QED) is 0.727. The number of aromatic nitrogens is 2. The van der Waals surface area contributed by atoms with Gasteiger partial charge in [0.1, 0.15) is 12.0 Å². The summed E-state index contributed by atoms with van der Waals surface area (Å²) >= 11 is 1.20. The van der Waals surface area contributed by atoms with E-state index < -0.39 is 22.8 Å². The number of benzene rings is 1. The third-order valence-corrected chi connectivity index (χ3v) is 3.62. The smallest absolute Gasteiger partial charge is 0.226 e. The molecular formula is C13H8F2N2O3S. The molecule has 0 saturated heterocycles. The van der Waals surface area contributed by atoms with Crippen LogP contribution in [0.2, 0.25) is 0 Å². The van der Waals surface area contributed by atoms with Crippen molar-refractivity contribution in [1.82, 2.24) is 9.97 Å². The van der Waals surface area contributed by atoms with E-state index in [1.807, 2.05) is 0 Å². The Morgan fingerprint density at radius 3 is 2.81 bits per heavy atom. The van der Waals surface area contributed by atoms with Crippen molar-refractivity contribution in [3.8, 4) is 5.75 Å². The minimum absolute atomic E-state index is 0.278. The lowest BCUT2D eigenvalue weighted by Gasteiger charge is -1.97. The molecule has 21 heavy (non-hydrogen) atoms. The highest BCUT2D eigenvalue weighted by atomic mass is 32.2. The van der Waals surface area contributed by atoms with Crippen LogP contribution in [0.5, 0.6) is 5.75 Å². The van der Waals surface area contributed by atoms with Gasteiger partial charge < -0.3 is 14.5 Å². The average molecular weight is 310 g/mol. The van der Waals surface area contributed by atoms with E-state index in [4.69, 9.17) is 9.52 Å². The summed E-state index contributed by atoms with van der Waals surface area (Å²) < 4.78 is 31.2. The van der Waals surface area contributed by atoms with Crippen molar-refractivity contribution in [1.29, 1.82) is 0 Å². The van der Waals surface area contributed by atoms with Crippen molar-refractivity contribution in [3.63, 3.8) is 0 Å². The number of thioether (sulfide) groups is 1. The molecule has 3 rings (SSSR count). The number of hydrogen-bond acceptors (Lipinski definition) is 5. The van der Waals surface area contributed by atoms with Gasteiger partial charge in [-0.3, -0.25) is 4.79 Å². The third-order valence-electron chi connectivity index (χ3n) is 2.72. The first-order valence-corrected chi connectivity index (χ1v) is 6.80. The molecule has 0 fully saturated rings. The van der Waals surface area contributed by atoms with Crippen molar-refractivity contribution in [2.24, 2.45) is 0 Å². The summed E-state index contributed by atoms with van der Waals surface area (Å²) in [5.41, 5.74) is 0.151. The minimum atomic E-state index is -0.963. The van der Waals surface area contributed by atoms with E-state index in [0.29, 0.717) is 22.0 Å². The second kappa shape index (κ2) is 5.21. The van der Waals surface area contributed by atoms with Crippen LogP contribution >= 0.6 is 11.8 Å². The van der Waals surface area contributed by atoms with Crippen LogP contribution in [-0.2, 0) is 5.75 Å². The standard InChI is InChI=1S/C13H8F2N2O3S/c14-7-2-9-10(3-8(7)15)17-13(16-9)21-5-6-1-11(18)12(19)4-20-6/h1-4,19H,5H2,(H,16,17). The van der Waals surface area contributed by atoms with E-state index in [1.54, 1.807) is 0 Å². The van der Waals surface area contributed by atoms with E-state index in [1.165, 1.54) is 17.8 Å². The van der Waals surface area contributed by atoms with E-state index in [9.17, 15) is 13.6 Å². The topological polar surface area (TPSA) is 79.1 Å². The Kier molecular flexibility index (Phi) is 3.38. The van der Waals surface area contributed by atoms with Gasteiger partial charge in [-0.15, -0.1) is 0 Å². The average Bonchev–Trinajstić information content (AvgIpc) is 2.82. The molecule has 0 unspecified atom stereocenters. The number of imidazole rings is 1. The van der Waals surface area contributed by atoms with Crippen LogP contribution in [0.3, 0.4) is 0 Å². The monoisotopic (exact) mass is 310 g/mol. The molecule has 8 heteroatoms. The van der Waals surface area contributed by atoms with Crippen LogP contribution in [0.4, 0.5) is 8.78 Å². The van der Waals surface area contributed by atoms with Gasteiger partial charge >= 0.3 is 0 Å². The molecule has 0 atom stereocenters. The van der Waals surface area contributed by atoms with Gasteiger partial charge in [-0.2, -0.15) is 0 Å². The fourth-order valence-electron chi connectivity index (χ4n) is 1.71. The zero-order valence-electron chi connectivity index (χ0n) is 10.4. The summed E-state index contributed by atoms with van der Waals surface area (Å²) in [6.07, 6.45) is 0.960. The number of nitrogens with zero attached hydrogens (tertiary/aromatic N) is 1. The first kappa shape index (κ1) is 13.6. The van der Waals surface area contributed by atoms with Crippen molar-refractivity contribution < 1.29 is 18.3 Å². The normalized spacial score (nSPS) is 11.1. The Labute approximate surface area is 120 Å². The molecule has 108 valence electrons. The molecule has 2 aromatic heterocycles. The number of aromatic hydroxyl groups is 1. The highest BCUT2D eigenvalue weighted by Crippen LogP contribution is 2.24. The Bertz CT molecular complexity index is 836. The van der Waals surface area contributed by atoms with E-state index in [0.717, 1.165) is 18.4 Å². The Balaban J connectivity index is 1.81. The zero-order chi connectivity index (χ0) is 15.0.